The molecule has 0 atom stereocenters. The van der Waals surface area contributed by atoms with E-state index in [0.29, 0.717) is 36.9 Å². The van der Waals surface area contributed by atoms with E-state index >= 15 is 0 Å². The zero-order chi connectivity index (χ0) is 20.8. The number of hydrogen-bond acceptors (Lipinski definition) is 4. The van der Waals surface area contributed by atoms with Gasteiger partial charge >= 0.3 is 5.97 Å². The van der Waals surface area contributed by atoms with Crippen molar-refractivity contribution in [1.82, 2.24) is 10.2 Å². The first-order valence-corrected chi connectivity index (χ1v) is 9.51. The summed E-state index contributed by atoms with van der Waals surface area (Å²) in [6.45, 7) is 0.616. The largest absolute Gasteiger partial charge is 0.478 e. The number of carbonyl (C=O) groups excluding carboxylic acids is 3. The second-order valence-electron chi connectivity index (χ2n) is 6.90. The lowest BCUT2D eigenvalue weighted by Crippen LogP contribution is -2.30. The van der Waals surface area contributed by atoms with Gasteiger partial charge in [-0.25, -0.2) is 4.79 Å². The number of unbranched alkanes of at least 4 members (excludes halogenated alkanes) is 2. The number of aromatic carboxylic acids is 1. The molecule has 1 aliphatic rings. The molecular weight excluding hydrogens is 372 g/mol. The molecule has 0 fully saturated rings. The molecule has 3 amide bonds. The van der Waals surface area contributed by atoms with Crippen LogP contribution in [0.3, 0.4) is 0 Å². The highest BCUT2D eigenvalue weighted by molar-refractivity contribution is 6.21. The van der Waals surface area contributed by atoms with Crippen molar-refractivity contribution in [2.24, 2.45) is 0 Å². The fraction of sp³-hybridized carbons (Fsp3) is 0.273. The van der Waals surface area contributed by atoms with E-state index in [1.54, 1.807) is 36.4 Å². The van der Waals surface area contributed by atoms with Crippen molar-refractivity contribution < 1.29 is 24.3 Å². The molecule has 0 spiro atoms. The summed E-state index contributed by atoms with van der Waals surface area (Å²) in [4.78, 5) is 48.7. The monoisotopic (exact) mass is 394 g/mol. The van der Waals surface area contributed by atoms with Gasteiger partial charge in [0.05, 0.1) is 16.7 Å². The van der Waals surface area contributed by atoms with Crippen LogP contribution in [0.1, 0.15) is 62.3 Å². The molecule has 29 heavy (non-hydrogen) atoms. The van der Waals surface area contributed by atoms with Crippen LogP contribution >= 0.6 is 0 Å². The van der Waals surface area contributed by atoms with E-state index in [9.17, 15) is 19.2 Å². The van der Waals surface area contributed by atoms with Crippen LogP contribution < -0.4 is 5.32 Å². The molecule has 0 radical (unpaired) electrons. The van der Waals surface area contributed by atoms with Gasteiger partial charge in [-0.05, 0) is 42.7 Å². The molecule has 2 N–H and O–H groups in total. The highest BCUT2D eigenvalue weighted by Gasteiger charge is 2.34. The average Bonchev–Trinajstić information content (AvgIpc) is 2.97. The summed E-state index contributed by atoms with van der Waals surface area (Å²) >= 11 is 0. The number of rotatable bonds is 9. The standard InChI is InChI=1S/C22H22N2O5/c25-19(23-14-15-7-6-8-16(13-15)22(28)29)11-2-1-5-12-24-20(26)17-9-3-4-10-18(17)21(24)27/h3-4,6-10,13H,1-2,5,11-12,14H2,(H,23,25)(H,28,29). The first kappa shape index (κ1) is 20.3. The Labute approximate surface area is 168 Å². The van der Waals surface area contributed by atoms with Crippen LogP contribution in [-0.2, 0) is 11.3 Å². The molecule has 0 bridgehead atoms. The fourth-order valence-electron chi connectivity index (χ4n) is 3.28. The van der Waals surface area contributed by atoms with E-state index in [1.165, 1.54) is 17.0 Å². The maximum atomic E-state index is 12.3. The number of imide groups is 1. The number of fused-ring (bicyclic) bond motifs is 1. The number of carbonyl (C=O) groups is 4. The molecule has 3 rings (SSSR count). The van der Waals surface area contributed by atoms with Crippen molar-refractivity contribution in [3.8, 4) is 0 Å². The Morgan fingerprint density at radius 1 is 0.897 bits per heavy atom. The van der Waals surface area contributed by atoms with E-state index in [2.05, 4.69) is 5.32 Å². The topological polar surface area (TPSA) is 104 Å². The summed E-state index contributed by atoms with van der Waals surface area (Å²) in [7, 11) is 0. The van der Waals surface area contributed by atoms with Gasteiger partial charge in [-0.1, -0.05) is 30.7 Å². The Bertz CT molecular complexity index is 919. The van der Waals surface area contributed by atoms with E-state index in [0.717, 1.165) is 12.0 Å². The van der Waals surface area contributed by atoms with E-state index in [1.807, 2.05) is 0 Å². The Morgan fingerprint density at radius 3 is 2.24 bits per heavy atom. The van der Waals surface area contributed by atoms with Gasteiger partial charge in [-0.15, -0.1) is 0 Å². The Balaban J connectivity index is 1.35. The molecule has 7 heteroatoms. The van der Waals surface area contributed by atoms with Gasteiger partial charge in [0.2, 0.25) is 5.91 Å². The van der Waals surface area contributed by atoms with E-state index in [4.69, 9.17) is 5.11 Å². The Morgan fingerprint density at radius 2 is 1.59 bits per heavy atom. The number of carboxylic acids is 1. The fourth-order valence-corrected chi connectivity index (χ4v) is 3.28. The number of amides is 3. The minimum absolute atomic E-state index is 0.119. The predicted molar refractivity (Wildman–Crippen MR) is 106 cm³/mol. The van der Waals surface area contributed by atoms with Gasteiger partial charge < -0.3 is 10.4 Å². The van der Waals surface area contributed by atoms with Gasteiger partial charge in [0.15, 0.2) is 0 Å². The van der Waals surface area contributed by atoms with Crippen LogP contribution in [0.2, 0.25) is 0 Å². The van der Waals surface area contributed by atoms with Gasteiger partial charge in [0, 0.05) is 19.5 Å². The zero-order valence-corrected chi connectivity index (χ0v) is 15.9. The summed E-state index contributed by atoms with van der Waals surface area (Å²) in [5, 5.41) is 11.8. The number of carboxylic acid groups (broad SMARTS) is 1. The van der Waals surface area contributed by atoms with Crippen LogP contribution in [0.5, 0.6) is 0 Å². The molecule has 0 aliphatic carbocycles. The molecule has 1 aliphatic heterocycles. The van der Waals surface area contributed by atoms with Gasteiger partial charge in [0.25, 0.3) is 11.8 Å². The molecule has 2 aromatic carbocycles. The second-order valence-corrected chi connectivity index (χ2v) is 6.90. The molecule has 7 nitrogen and oxygen atoms in total. The maximum absolute atomic E-state index is 12.3. The van der Waals surface area contributed by atoms with Gasteiger partial charge in [0.1, 0.15) is 0 Å². The Kier molecular flexibility index (Phi) is 6.39. The van der Waals surface area contributed by atoms with Crippen LogP contribution in [0.25, 0.3) is 0 Å². The van der Waals surface area contributed by atoms with Crippen LogP contribution in [-0.4, -0.2) is 40.2 Å². The summed E-state index contributed by atoms with van der Waals surface area (Å²) < 4.78 is 0. The smallest absolute Gasteiger partial charge is 0.335 e. The predicted octanol–water partition coefficient (Wildman–Crippen LogP) is 2.86. The molecule has 2 aromatic rings. The second kappa shape index (κ2) is 9.14. The molecule has 0 aromatic heterocycles. The number of benzene rings is 2. The lowest BCUT2D eigenvalue weighted by atomic mass is 10.1. The molecule has 0 saturated carbocycles. The SMILES string of the molecule is O=C(CCCCCN1C(=O)c2ccccc2C1=O)NCc1cccc(C(=O)O)c1. The lowest BCUT2D eigenvalue weighted by Gasteiger charge is -2.13. The Hall–Kier alpha value is -3.48. The van der Waals surface area contributed by atoms with Gasteiger partial charge in [-0.3, -0.25) is 19.3 Å². The van der Waals surface area contributed by atoms with Crippen molar-refractivity contribution in [1.29, 1.82) is 0 Å². The third-order valence-electron chi connectivity index (χ3n) is 4.83. The first-order chi connectivity index (χ1) is 14.0. The average molecular weight is 394 g/mol. The maximum Gasteiger partial charge on any atom is 0.335 e. The summed E-state index contributed by atoms with van der Waals surface area (Å²) in [5.74, 6) is -1.64. The zero-order valence-electron chi connectivity index (χ0n) is 15.9. The summed E-state index contributed by atoms with van der Waals surface area (Å²) in [6.07, 6.45) is 2.33. The number of nitrogens with one attached hydrogen (secondary N) is 1. The van der Waals surface area contributed by atoms with Crippen molar-refractivity contribution in [3.63, 3.8) is 0 Å². The number of hydrogen-bond donors (Lipinski definition) is 2. The van der Waals surface area contributed by atoms with Gasteiger partial charge in [-0.2, -0.15) is 0 Å². The summed E-state index contributed by atoms with van der Waals surface area (Å²) in [5.41, 5.74) is 1.81. The molecule has 150 valence electrons. The normalized spacial score (nSPS) is 12.8. The van der Waals surface area contributed by atoms with Crippen LogP contribution in [0, 0.1) is 0 Å². The molecular formula is C22H22N2O5. The minimum atomic E-state index is -1.00. The van der Waals surface area contributed by atoms with Crippen molar-refractivity contribution in [2.75, 3.05) is 6.54 Å². The molecule has 0 saturated heterocycles. The van der Waals surface area contributed by atoms with E-state index in [-0.39, 0.29) is 29.8 Å². The third-order valence-corrected chi connectivity index (χ3v) is 4.83. The van der Waals surface area contributed by atoms with Crippen molar-refractivity contribution in [2.45, 2.75) is 32.2 Å². The van der Waals surface area contributed by atoms with Crippen molar-refractivity contribution >= 4 is 23.7 Å². The third kappa shape index (κ3) is 4.87. The minimum Gasteiger partial charge on any atom is -0.478 e. The highest BCUT2D eigenvalue weighted by atomic mass is 16.4. The lowest BCUT2D eigenvalue weighted by molar-refractivity contribution is -0.121. The van der Waals surface area contributed by atoms with E-state index < -0.39 is 5.97 Å². The summed E-state index contributed by atoms with van der Waals surface area (Å²) in [6, 6.07) is 13.2. The van der Waals surface area contributed by atoms with Crippen molar-refractivity contribution in [3.05, 3.63) is 70.8 Å². The highest BCUT2D eigenvalue weighted by Crippen LogP contribution is 2.22. The molecule has 0 unspecified atom stereocenters. The first-order valence-electron chi connectivity index (χ1n) is 9.51. The van der Waals surface area contributed by atoms with Crippen LogP contribution in [0.4, 0.5) is 0 Å². The quantitative estimate of drug-likeness (QED) is 0.503. The molecule has 1 heterocycles. The number of nitrogens with zero attached hydrogens (tertiary/aromatic N) is 1. The van der Waals surface area contributed by atoms with Crippen LogP contribution in [0.15, 0.2) is 48.5 Å².